The smallest absolute Gasteiger partial charge is 0.143 e. The molecule has 0 aliphatic rings. The molecule has 0 unspecified atom stereocenters. The summed E-state index contributed by atoms with van der Waals surface area (Å²) in [6.07, 6.45) is 0. The van der Waals surface area contributed by atoms with Crippen LogP contribution in [0.1, 0.15) is 0 Å². The average molecular weight is 741 g/mol. The van der Waals surface area contributed by atoms with Gasteiger partial charge in [-0.1, -0.05) is 102 Å². The van der Waals surface area contributed by atoms with E-state index in [0.717, 1.165) is 28.0 Å². The Hall–Kier alpha value is -5.15. The van der Waals surface area contributed by atoms with E-state index >= 15 is 0 Å². The van der Waals surface area contributed by atoms with Crippen molar-refractivity contribution in [2.24, 2.45) is 0 Å². The van der Waals surface area contributed by atoms with Gasteiger partial charge in [0, 0.05) is 38.0 Å². The third-order valence-corrected chi connectivity index (χ3v) is 15.0. The molecule has 10 aromatic rings. The molecule has 0 amide bonds. The van der Waals surface area contributed by atoms with Gasteiger partial charge in [-0.05, 0) is 52.6 Å². The molecule has 0 saturated carbocycles. The molecule has 59 heavy (non-hydrogen) atoms. The third-order valence-electron chi connectivity index (χ3n) is 15.0. The van der Waals surface area contributed by atoms with Gasteiger partial charge in [0.05, 0.1) is 11.0 Å². The monoisotopic (exact) mass is 743 g/mol. The number of rotatable bonds is 3. The highest BCUT2D eigenvalue weighted by Crippen LogP contribution is 2.36. The van der Waals surface area contributed by atoms with Gasteiger partial charge in [0.25, 0.3) is 0 Å². The molecule has 266 valence electrons. The molecule has 3 nitrogen and oxygen atoms in total. The number of para-hydroxylation sites is 2. The molecule has 0 atom stereocenters. The van der Waals surface area contributed by atoms with Gasteiger partial charge in [-0.15, -0.1) is 10.9 Å². The molecule has 3 heterocycles. The number of nitrogens with zero attached hydrogens (tertiary/aromatic N) is 1. The van der Waals surface area contributed by atoms with E-state index in [9.17, 15) is 0 Å². The highest BCUT2D eigenvalue weighted by Gasteiger charge is 2.26. The molecule has 3 aromatic heterocycles. The summed E-state index contributed by atoms with van der Waals surface area (Å²) in [5.74, 6) is 0. The maximum atomic E-state index is 6.89. The van der Waals surface area contributed by atoms with Crippen LogP contribution in [0.15, 0.2) is 75.6 Å². The van der Waals surface area contributed by atoms with E-state index in [1.165, 1.54) is 142 Å². The molecule has 0 N–H and O–H groups in total. The average Bonchev–Trinajstić information content (AvgIpc) is 3.94. The second-order valence-corrected chi connectivity index (χ2v) is 17.7. The number of aromatic nitrogens is 1. The largest absolute Gasteiger partial charge is 0.457 e. The van der Waals surface area contributed by atoms with Gasteiger partial charge in [-0.2, -0.15) is 0 Å². The van der Waals surface area contributed by atoms with Crippen molar-refractivity contribution in [3.63, 3.8) is 0 Å². The molecule has 7 aromatic carbocycles. The first-order chi connectivity index (χ1) is 28.1. The fraction of sp³-hybridized carbons (Fsp3) is 0. The Kier molecular flexibility index (Phi) is 8.50. The number of benzene rings is 7. The standard InChI is InChI=1S/C42H39B14NO2/c43-25-19(27(45)35(53)39-21(25)23-29(47)31(49)33(51)37(55)41(23)58-39)12-9-13(11-14(10-12)57-17-7-3-1-5-15(17)16-6-2-4-8-18(16)57)20-26(44)22-24-30(48)32(50)34(52)38(56)42(24)59-40(22)36(54)28(20)46/h1-11H,43-56H2. The Bertz CT molecular complexity index is 3340. The molecule has 17 heteroatoms. The van der Waals surface area contributed by atoms with Crippen LogP contribution < -0.4 is 76.5 Å². The first-order valence-corrected chi connectivity index (χ1v) is 21.1. The van der Waals surface area contributed by atoms with Gasteiger partial charge in [0.2, 0.25) is 0 Å². The molecule has 0 aliphatic carbocycles. The van der Waals surface area contributed by atoms with Crippen molar-refractivity contribution < 1.29 is 8.83 Å². The predicted octanol–water partition coefficient (Wildman–Crippen LogP) is -12.5. The van der Waals surface area contributed by atoms with E-state index in [0.29, 0.717) is 0 Å². The number of hydrogen-bond donors (Lipinski definition) is 0. The van der Waals surface area contributed by atoms with Crippen LogP contribution in [0.2, 0.25) is 0 Å². The zero-order valence-corrected chi connectivity index (χ0v) is 37.1. The van der Waals surface area contributed by atoms with Crippen molar-refractivity contribution in [1.29, 1.82) is 0 Å². The molecule has 0 radical (unpaired) electrons. The minimum absolute atomic E-state index is 1.00. The minimum atomic E-state index is 1.00. The van der Waals surface area contributed by atoms with Crippen LogP contribution in [0, 0.1) is 0 Å². The Morgan fingerprint density at radius 1 is 0.322 bits per heavy atom. The first-order valence-electron chi connectivity index (χ1n) is 21.1. The van der Waals surface area contributed by atoms with E-state index in [2.05, 4.69) is 181 Å². The van der Waals surface area contributed by atoms with Crippen LogP contribution >= 0.6 is 0 Å². The number of hydrogen-bond acceptors (Lipinski definition) is 2. The molecule has 10 rings (SSSR count). The highest BCUT2D eigenvalue weighted by atomic mass is 16.3. The summed E-state index contributed by atoms with van der Waals surface area (Å²) in [6, 6.07) is 25.0. The van der Waals surface area contributed by atoms with Crippen molar-refractivity contribution in [2.45, 2.75) is 0 Å². The van der Waals surface area contributed by atoms with Crippen LogP contribution in [-0.2, 0) is 0 Å². The zero-order valence-electron chi connectivity index (χ0n) is 37.1. The lowest BCUT2D eigenvalue weighted by Gasteiger charge is -2.21. The number of fused-ring (bicyclic) bond motifs is 9. The van der Waals surface area contributed by atoms with Crippen LogP contribution in [0.4, 0.5) is 0 Å². The Morgan fingerprint density at radius 2 is 0.644 bits per heavy atom. The highest BCUT2D eigenvalue weighted by molar-refractivity contribution is 6.70. The fourth-order valence-corrected chi connectivity index (χ4v) is 10.8. The normalized spacial score (nSPS) is 12.0. The zero-order chi connectivity index (χ0) is 41.7. The summed E-state index contributed by atoms with van der Waals surface area (Å²) in [5.41, 5.74) is 30.3. The van der Waals surface area contributed by atoms with Crippen LogP contribution in [0.3, 0.4) is 0 Å². The summed E-state index contributed by atoms with van der Waals surface area (Å²) in [4.78, 5) is 0. The summed E-state index contributed by atoms with van der Waals surface area (Å²) in [6.45, 7) is 0. The van der Waals surface area contributed by atoms with Crippen molar-refractivity contribution >= 4 is 252 Å². The maximum Gasteiger partial charge on any atom is 0.143 e. The second-order valence-electron chi connectivity index (χ2n) is 17.7. The van der Waals surface area contributed by atoms with Crippen molar-refractivity contribution in [3.05, 3.63) is 66.7 Å². The van der Waals surface area contributed by atoms with Crippen molar-refractivity contribution in [3.8, 4) is 27.9 Å². The lowest BCUT2D eigenvalue weighted by molar-refractivity contribution is 0.674. The van der Waals surface area contributed by atoms with E-state index in [4.69, 9.17) is 8.83 Å². The SMILES string of the molecule is Bc1c(B)c(B)c2c(oc3c(B)c(B)c(-c4cc(-c5c(B)c(B)c6oc7c(B)c(B)c(B)c(B)c7c6c5B)cc(-n5c6ccccc6c6ccccc65)c4)c(B)c32)c1B. The molecular formula is C42H39B14NO2. The van der Waals surface area contributed by atoms with Gasteiger partial charge < -0.3 is 13.4 Å². The summed E-state index contributed by atoms with van der Waals surface area (Å²) in [5, 5.41) is 7.47. The van der Waals surface area contributed by atoms with Crippen LogP contribution in [-0.4, -0.2) is 114 Å². The Labute approximate surface area is 358 Å². The Morgan fingerprint density at radius 3 is 1.03 bits per heavy atom. The van der Waals surface area contributed by atoms with Gasteiger partial charge >= 0.3 is 0 Å². The van der Waals surface area contributed by atoms with Crippen LogP contribution in [0.5, 0.6) is 0 Å². The van der Waals surface area contributed by atoms with Crippen molar-refractivity contribution in [1.82, 2.24) is 4.57 Å². The third kappa shape index (κ3) is 5.03. The summed E-state index contributed by atoms with van der Waals surface area (Å²) < 4.78 is 16.3. The molecule has 0 saturated heterocycles. The van der Waals surface area contributed by atoms with E-state index in [-0.39, 0.29) is 0 Å². The predicted molar refractivity (Wildman–Crippen MR) is 301 cm³/mol. The van der Waals surface area contributed by atoms with Gasteiger partial charge in [-0.3, -0.25) is 0 Å². The second kappa shape index (κ2) is 13.2. The quantitative estimate of drug-likeness (QED) is 0.169. The molecule has 0 bridgehead atoms. The van der Waals surface area contributed by atoms with Gasteiger partial charge in [0.15, 0.2) is 0 Å². The van der Waals surface area contributed by atoms with Crippen LogP contribution in [0.25, 0.3) is 93.6 Å². The molecular weight excluding hydrogens is 702 g/mol. The summed E-state index contributed by atoms with van der Waals surface area (Å²) >= 11 is 0. The molecule has 0 fully saturated rings. The summed E-state index contributed by atoms with van der Waals surface area (Å²) in [7, 11) is 31.6. The topological polar surface area (TPSA) is 31.2 Å². The van der Waals surface area contributed by atoms with E-state index in [1.807, 2.05) is 0 Å². The van der Waals surface area contributed by atoms with E-state index < -0.39 is 0 Å². The lowest BCUT2D eigenvalue weighted by atomic mass is 9.64. The fourth-order valence-electron chi connectivity index (χ4n) is 10.8. The molecule has 0 aliphatic heterocycles. The first kappa shape index (κ1) is 38.1. The van der Waals surface area contributed by atoms with Gasteiger partial charge in [-0.25, -0.2) is 0 Å². The number of furan rings is 2. The van der Waals surface area contributed by atoms with Gasteiger partial charge in [0.1, 0.15) is 132 Å². The van der Waals surface area contributed by atoms with E-state index in [1.54, 1.807) is 0 Å². The minimum Gasteiger partial charge on any atom is -0.457 e. The maximum absolute atomic E-state index is 6.89. The van der Waals surface area contributed by atoms with Crippen molar-refractivity contribution in [2.75, 3.05) is 0 Å². The molecule has 0 spiro atoms. The lowest BCUT2D eigenvalue weighted by Crippen LogP contribution is -2.47. The Balaban J connectivity index is 1.37.